The first-order valence-electron chi connectivity index (χ1n) is 4.78. The molecule has 1 unspecified atom stereocenters. The quantitative estimate of drug-likeness (QED) is 0.698. The second-order valence-electron chi connectivity index (χ2n) is 3.43. The van der Waals surface area contributed by atoms with Crippen LogP contribution in [0.1, 0.15) is 11.8 Å². The van der Waals surface area contributed by atoms with Gasteiger partial charge in [0.15, 0.2) is 0 Å². The molecule has 1 aromatic rings. The summed E-state index contributed by atoms with van der Waals surface area (Å²) in [6.45, 7) is 3.13. The third kappa shape index (κ3) is 2.20. The lowest BCUT2D eigenvalue weighted by atomic mass is 9.99. The summed E-state index contributed by atoms with van der Waals surface area (Å²) in [5.41, 5.74) is 1.37. The second kappa shape index (κ2) is 4.38. The molecule has 72 valence electrons. The average molecular weight is 203 g/mol. The highest BCUT2D eigenvalue weighted by molar-refractivity contribution is 7.10. The van der Waals surface area contributed by atoms with Crippen LogP contribution in [0.3, 0.4) is 0 Å². The molecular weight excluding hydrogens is 190 g/mol. The highest BCUT2D eigenvalue weighted by atomic mass is 32.1. The molecule has 1 aliphatic heterocycles. The van der Waals surface area contributed by atoms with E-state index in [1.807, 2.05) is 6.21 Å². The molecule has 1 atom stereocenters. The van der Waals surface area contributed by atoms with E-state index in [0.29, 0.717) is 5.92 Å². The maximum atomic E-state index is 4.22. The van der Waals surface area contributed by atoms with Gasteiger partial charge in [-0.25, -0.2) is 0 Å². The van der Waals surface area contributed by atoms with Crippen molar-refractivity contribution in [2.75, 3.05) is 6.54 Å². The number of nitrogens with zero attached hydrogens (tertiary/aromatic N) is 1. The third-order valence-corrected chi connectivity index (χ3v) is 3.14. The molecule has 2 heterocycles. The fourth-order valence-corrected chi connectivity index (χ4v) is 2.03. The van der Waals surface area contributed by atoms with E-state index in [4.69, 9.17) is 0 Å². The minimum atomic E-state index is 0.552. The van der Waals surface area contributed by atoms with Crippen LogP contribution in [0.15, 0.2) is 40.2 Å². The Hall–Kier alpha value is -1.15. The Morgan fingerprint density at radius 1 is 1.50 bits per heavy atom. The molecule has 0 aliphatic carbocycles. The van der Waals surface area contributed by atoms with E-state index in [2.05, 4.69) is 47.7 Å². The largest absolute Gasteiger partial charge is 0.293 e. The molecule has 0 radical (unpaired) electrons. The standard InChI is InChI=1S/C12H13NS/c1-10-9-13-7-6-11(10)4-5-12-3-2-8-14-12/h2-8,10H,9H2,1H3/b5-4+. The summed E-state index contributed by atoms with van der Waals surface area (Å²) < 4.78 is 0. The van der Waals surface area contributed by atoms with Gasteiger partial charge in [0, 0.05) is 23.6 Å². The number of dihydropyridines is 1. The van der Waals surface area contributed by atoms with E-state index in [-0.39, 0.29) is 0 Å². The Morgan fingerprint density at radius 3 is 3.14 bits per heavy atom. The molecule has 0 saturated heterocycles. The molecule has 1 nitrogen and oxygen atoms in total. The number of hydrogen-bond acceptors (Lipinski definition) is 2. The van der Waals surface area contributed by atoms with Crippen molar-refractivity contribution in [3.8, 4) is 0 Å². The second-order valence-corrected chi connectivity index (χ2v) is 4.41. The highest BCUT2D eigenvalue weighted by Crippen LogP contribution is 2.18. The molecule has 0 saturated carbocycles. The van der Waals surface area contributed by atoms with Crippen LogP contribution in [0.25, 0.3) is 6.08 Å². The van der Waals surface area contributed by atoms with Gasteiger partial charge in [0.05, 0.1) is 0 Å². The SMILES string of the molecule is CC1CN=CC=C1/C=C/c1cccs1. The van der Waals surface area contributed by atoms with Crippen LogP contribution in [0.4, 0.5) is 0 Å². The Labute approximate surface area is 88.5 Å². The lowest BCUT2D eigenvalue weighted by Gasteiger charge is -2.12. The zero-order valence-corrected chi connectivity index (χ0v) is 9.00. The Kier molecular flexibility index (Phi) is 2.94. The molecule has 0 fully saturated rings. The molecule has 0 spiro atoms. The van der Waals surface area contributed by atoms with Crippen molar-refractivity contribution in [1.29, 1.82) is 0 Å². The van der Waals surface area contributed by atoms with Crippen molar-refractivity contribution in [1.82, 2.24) is 0 Å². The summed E-state index contributed by atoms with van der Waals surface area (Å²) in [5, 5.41) is 2.10. The number of rotatable bonds is 2. The van der Waals surface area contributed by atoms with Crippen molar-refractivity contribution < 1.29 is 0 Å². The van der Waals surface area contributed by atoms with Gasteiger partial charge in [0.1, 0.15) is 0 Å². The molecular formula is C12H13NS. The zero-order chi connectivity index (χ0) is 9.80. The topological polar surface area (TPSA) is 12.4 Å². The Morgan fingerprint density at radius 2 is 2.43 bits per heavy atom. The normalized spacial score (nSPS) is 21.5. The molecule has 2 heteroatoms. The number of hydrogen-bond donors (Lipinski definition) is 0. The van der Waals surface area contributed by atoms with E-state index >= 15 is 0 Å². The first-order chi connectivity index (χ1) is 6.86. The maximum absolute atomic E-state index is 4.22. The first kappa shape index (κ1) is 9.41. The smallest absolute Gasteiger partial charge is 0.0455 e. The monoisotopic (exact) mass is 203 g/mol. The van der Waals surface area contributed by atoms with Crippen molar-refractivity contribution in [3.05, 3.63) is 40.1 Å². The summed E-state index contributed by atoms with van der Waals surface area (Å²) in [5.74, 6) is 0.552. The molecule has 0 aromatic carbocycles. The Balaban J connectivity index is 2.10. The van der Waals surface area contributed by atoms with E-state index < -0.39 is 0 Å². The highest BCUT2D eigenvalue weighted by Gasteiger charge is 2.06. The van der Waals surface area contributed by atoms with Crippen LogP contribution in [0.5, 0.6) is 0 Å². The van der Waals surface area contributed by atoms with Gasteiger partial charge in [0.25, 0.3) is 0 Å². The van der Waals surface area contributed by atoms with Gasteiger partial charge in [-0.3, -0.25) is 4.99 Å². The predicted octanol–water partition coefficient (Wildman–Crippen LogP) is 3.41. The van der Waals surface area contributed by atoms with E-state index in [0.717, 1.165) is 6.54 Å². The molecule has 0 bridgehead atoms. The van der Waals surface area contributed by atoms with Crippen LogP contribution in [0, 0.1) is 5.92 Å². The lowest BCUT2D eigenvalue weighted by molar-refractivity contribution is 0.707. The lowest BCUT2D eigenvalue weighted by Crippen LogP contribution is -2.05. The Bertz CT molecular complexity index is 371. The predicted molar refractivity (Wildman–Crippen MR) is 64.0 cm³/mol. The molecule has 0 N–H and O–H groups in total. The van der Waals surface area contributed by atoms with Crippen molar-refractivity contribution in [3.63, 3.8) is 0 Å². The third-order valence-electron chi connectivity index (χ3n) is 2.30. The molecule has 0 amide bonds. The van der Waals surface area contributed by atoms with Crippen LogP contribution in [-0.2, 0) is 0 Å². The van der Waals surface area contributed by atoms with E-state index in [9.17, 15) is 0 Å². The summed E-state index contributed by atoms with van der Waals surface area (Å²) in [7, 11) is 0. The number of allylic oxidation sites excluding steroid dienone is 2. The number of thiophene rings is 1. The van der Waals surface area contributed by atoms with Crippen LogP contribution in [0.2, 0.25) is 0 Å². The average Bonchev–Trinajstić information content (AvgIpc) is 2.69. The summed E-state index contributed by atoms with van der Waals surface area (Å²) in [4.78, 5) is 5.53. The fourth-order valence-electron chi connectivity index (χ4n) is 1.41. The van der Waals surface area contributed by atoms with E-state index in [1.165, 1.54) is 10.5 Å². The minimum Gasteiger partial charge on any atom is -0.293 e. The van der Waals surface area contributed by atoms with Gasteiger partial charge in [-0.2, -0.15) is 0 Å². The van der Waals surface area contributed by atoms with Crippen LogP contribution >= 0.6 is 11.3 Å². The zero-order valence-electron chi connectivity index (χ0n) is 8.18. The van der Waals surface area contributed by atoms with Crippen LogP contribution < -0.4 is 0 Å². The summed E-state index contributed by atoms with van der Waals surface area (Å²) in [6.07, 6.45) is 8.36. The summed E-state index contributed by atoms with van der Waals surface area (Å²) >= 11 is 1.77. The maximum Gasteiger partial charge on any atom is 0.0455 e. The van der Waals surface area contributed by atoms with Gasteiger partial charge in [-0.15, -0.1) is 11.3 Å². The van der Waals surface area contributed by atoms with Crippen molar-refractivity contribution in [2.45, 2.75) is 6.92 Å². The molecule has 14 heavy (non-hydrogen) atoms. The van der Waals surface area contributed by atoms with Gasteiger partial charge in [-0.05, 0) is 29.2 Å². The van der Waals surface area contributed by atoms with Gasteiger partial charge >= 0.3 is 0 Å². The van der Waals surface area contributed by atoms with E-state index in [1.54, 1.807) is 11.3 Å². The molecule has 1 aliphatic rings. The summed E-state index contributed by atoms with van der Waals surface area (Å²) in [6, 6.07) is 4.20. The van der Waals surface area contributed by atoms with Crippen molar-refractivity contribution in [2.24, 2.45) is 10.9 Å². The van der Waals surface area contributed by atoms with Crippen LogP contribution in [-0.4, -0.2) is 12.8 Å². The molecule has 1 aromatic heterocycles. The van der Waals surface area contributed by atoms with Gasteiger partial charge < -0.3 is 0 Å². The fraction of sp³-hybridized carbons (Fsp3) is 0.250. The minimum absolute atomic E-state index is 0.552. The molecule has 2 rings (SSSR count). The number of aliphatic imine (C=N–C) groups is 1. The van der Waals surface area contributed by atoms with Gasteiger partial charge in [-0.1, -0.05) is 19.1 Å². The van der Waals surface area contributed by atoms with Gasteiger partial charge in [0.2, 0.25) is 0 Å². The first-order valence-corrected chi connectivity index (χ1v) is 5.66. The van der Waals surface area contributed by atoms with Crippen molar-refractivity contribution >= 4 is 23.6 Å².